The van der Waals surface area contributed by atoms with Crippen LogP contribution in [0.2, 0.25) is 0 Å². The lowest BCUT2D eigenvalue weighted by Crippen LogP contribution is -2.17. The van der Waals surface area contributed by atoms with E-state index in [-0.39, 0.29) is 35.3 Å². The summed E-state index contributed by atoms with van der Waals surface area (Å²) in [6.45, 7) is 0. The van der Waals surface area contributed by atoms with E-state index in [1.807, 2.05) is 0 Å². The fourth-order valence-electron chi connectivity index (χ4n) is 2.67. The number of benzene rings is 2. The van der Waals surface area contributed by atoms with Crippen molar-refractivity contribution in [2.75, 3.05) is 23.0 Å². The number of nitrogen functional groups attached to an aromatic ring is 2. The summed E-state index contributed by atoms with van der Waals surface area (Å²) in [6, 6.07) is 7.44. The Balaban J connectivity index is 2.18. The molecule has 0 aromatic heterocycles. The topological polar surface area (TPSA) is 195 Å². The van der Waals surface area contributed by atoms with E-state index >= 15 is 0 Å². The van der Waals surface area contributed by atoms with Crippen LogP contribution < -0.4 is 11.5 Å². The summed E-state index contributed by atoms with van der Waals surface area (Å²) in [5, 5.41) is 0. The highest BCUT2D eigenvalue weighted by atomic mass is 32.2. The molecular weight excluding hydrogens is 444 g/mol. The quantitative estimate of drug-likeness (QED) is 0.316. The Hall–Kier alpha value is -2.19. The molecule has 2 aromatic rings. The minimum atomic E-state index is -4.59. The largest absolute Gasteiger partial charge is 0.399 e. The maximum atomic E-state index is 12.4. The predicted molar refractivity (Wildman–Crippen MR) is 107 cm³/mol. The van der Waals surface area contributed by atoms with Gasteiger partial charge in [-0.3, -0.25) is 9.11 Å². The van der Waals surface area contributed by atoms with Gasteiger partial charge in [-0.15, -0.1) is 0 Å². The molecule has 0 fully saturated rings. The van der Waals surface area contributed by atoms with Crippen LogP contribution in [-0.2, 0) is 42.9 Å². The van der Waals surface area contributed by atoms with Crippen LogP contribution in [-0.4, -0.2) is 45.9 Å². The van der Waals surface area contributed by atoms with E-state index in [1.54, 1.807) is 0 Å². The molecular formula is C16H20N2O8S3. The number of sulfone groups is 1. The van der Waals surface area contributed by atoms with Crippen molar-refractivity contribution in [2.24, 2.45) is 0 Å². The molecule has 0 saturated carbocycles. The van der Waals surface area contributed by atoms with Crippen molar-refractivity contribution in [1.82, 2.24) is 0 Å². The minimum Gasteiger partial charge on any atom is -0.399 e. The number of rotatable bonds is 8. The van der Waals surface area contributed by atoms with Crippen LogP contribution in [0.25, 0.3) is 0 Å². The standard InChI is InChI=1S/C16H20N2O8S3/c17-13-3-1-11(15(9-13)28(21,22)23)5-7-27(19,20)8-6-12-2-4-14(18)10-16(12)29(24,25)26/h1-4,9-10H,5-8,17-18H2,(H,21,22,23)(H,24,25,26). The fraction of sp³-hybridized carbons (Fsp3) is 0.250. The number of nitrogens with two attached hydrogens (primary N) is 2. The summed E-state index contributed by atoms with van der Waals surface area (Å²) >= 11 is 0. The molecule has 0 radical (unpaired) electrons. The van der Waals surface area contributed by atoms with E-state index in [0.29, 0.717) is 0 Å². The monoisotopic (exact) mass is 464 g/mol. The molecule has 29 heavy (non-hydrogen) atoms. The van der Waals surface area contributed by atoms with Crippen LogP contribution in [0.5, 0.6) is 0 Å². The molecule has 2 rings (SSSR count). The second kappa shape index (κ2) is 8.28. The Labute approximate surface area is 169 Å². The first-order valence-corrected chi connectivity index (χ1v) is 12.8. The lowest BCUT2D eigenvalue weighted by Gasteiger charge is -2.10. The van der Waals surface area contributed by atoms with Crippen LogP contribution in [0.1, 0.15) is 11.1 Å². The Morgan fingerprint density at radius 3 is 1.31 bits per heavy atom. The predicted octanol–water partition coefficient (Wildman–Crippen LogP) is 0.544. The molecule has 0 unspecified atom stereocenters. The Bertz CT molecular complexity index is 1150. The van der Waals surface area contributed by atoms with Crippen molar-refractivity contribution in [3.05, 3.63) is 47.5 Å². The van der Waals surface area contributed by atoms with Crippen molar-refractivity contribution in [3.63, 3.8) is 0 Å². The number of anilines is 2. The molecule has 0 heterocycles. The Kier molecular flexibility index (Phi) is 6.59. The second-order valence-electron chi connectivity index (χ2n) is 6.34. The second-order valence-corrected chi connectivity index (χ2v) is 11.4. The van der Waals surface area contributed by atoms with Crippen LogP contribution in [0.3, 0.4) is 0 Å². The Morgan fingerprint density at radius 2 is 1.00 bits per heavy atom. The summed E-state index contributed by atoms with van der Waals surface area (Å²) in [7, 11) is -12.9. The molecule has 160 valence electrons. The molecule has 0 spiro atoms. The van der Waals surface area contributed by atoms with Gasteiger partial charge in [0.1, 0.15) is 0 Å². The lowest BCUT2D eigenvalue weighted by molar-refractivity contribution is 0.480. The maximum Gasteiger partial charge on any atom is 0.294 e. The van der Waals surface area contributed by atoms with Crippen molar-refractivity contribution in [3.8, 4) is 0 Å². The molecule has 6 N–H and O–H groups in total. The summed E-state index contributed by atoms with van der Waals surface area (Å²) in [5.41, 5.74) is 11.3. The number of hydrogen-bond donors (Lipinski definition) is 4. The van der Waals surface area contributed by atoms with E-state index in [0.717, 1.165) is 12.1 Å². The van der Waals surface area contributed by atoms with Gasteiger partial charge in [-0.2, -0.15) is 16.8 Å². The highest BCUT2D eigenvalue weighted by Crippen LogP contribution is 2.22. The van der Waals surface area contributed by atoms with Gasteiger partial charge in [-0.25, -0.2) is 8.42 Å². The molecule has 0 aliphatic carbocycles. The van der Waals surface area contributed by atoms with Crippen LogP contribution in [0, 0.1) is 0 Å². The maximum absolute atomic E-state index is 12.4. The third kappa shape index (κ3) is 6.40. The first kappa shape index (κ1) is 23.1. The molecule has 0 aliphatic heterocycles. The van der Waals surface area contributed by atoms with Crippen molar-refractivity contribution in [2.45, 2.75) is 22.6 Å². The van der Waals surface area contributed by atoms with E-state index in [9.17, 15) is 34.4 Å². The summed E-state index contributed by atoms with van der Waals surface area (Å²) < 4.78 is 89.1. The normalized spacial score (nSPS) is 12.8. The average Bonchev–Trinajstić information content (AvgIpc) is 2.58. The van der Waals surface area contributed by atoms with E-state index in [2.05, 4.69) is 0 Å². The van der Waals surface area contributed by atoms with Crippen LogP contribution >= 0.6 is 0 Å². The van der Waals surface area contributed by atoms with Gasteiger partial charge in [0.15, 0.2) is 9.84 Å². The van der Waals surface area contributed by atoms with Gasteiger partial charge in [0.05, 0.1) is 21.3 Å². The highest BCUT2D eigenvalue weighted by Gasteiger charge is 2.21. The molecule has 0 atom stereocenters. The molecule has 0 bridgehead atoms. The highest BCUT2D eigenvalue weighted by molar-refractivity contribution is 7.91. The first-order chi connectivity index (χ1) is 13.2. The summed E-state index contributed by atoms with van der Waals surface area (Å²) in [4.78, 5) is -0.945. The van der Waals surface area contributed by atoms with Gasteiger partial charge >= 0.3 is 0 Å². The van der Waals surface area contributed by atoms with Gasteiger partial charge < -0.3 is 11.5 Å². The average molecular weight is 465 g/mol. The SMILES string of the molecule is Nc1ccc(CCS(=O)(=O)CCc2ccc(N)cc2S(=O)(=O)O)c(S(=O)(=O)O)c1. The van der Waals surface area contributed by atoms with E-state index in [4.69, 9.17) is 11.5 Å². The fourth-order valence-corrected chi connectivity index (χ4v) is 5.51. The molecule has 0 amide bonds. The first-order valence-electron chi connectivity index (χ1n) is 8.11. The van der Waals surface area contributed by atoms with Crippen molar-refractivity contribution >= 4 is 41.4 Å². The molecule has 13 heteroatoms. The van der Waals surface area contributed by atoms with E-state index < -0.39 is 51.4 Å². The van der Waals surface area contributed by atoms with Crippen LogP contribution in [0.15, 0.2) is 46.2 Å². The zero-order valence-corrected chi connectivity index (χ0v) is 17.5. The molecule has 10 nitrogen and oxygen atoms in total. The summed E-state index contributed by atoms with van der Waals surface area (Å²) in [5.74, 6) is -0.898. The third-order valence-electron chi connectivity index (χ3n) is 4.10. The minimum absolute atomic E-state index is 0.0800. The van der Waals surface area contributed by atoms with Gasteiger partial charge in [-0.1, -0.05) is 12.1 Å². The van der Waals surface area contributed by atoms with Gasteiger partial charge in [-0.05, 0) is 48.2 Å². The smallest absolute Gasteiger partial charge is 0.294 e. The number of hydrogen-bond acceptors (Lipinski definition) is 8. The Morgan fingerprint density at radius 1 is 0.655 bits per heavy atom. The molecule has 0 saturated heterocycles. The number of aryl methyl sites for hydroxylation is 2. The summed E-state index contributed by atoms with van der Waals surface area (Å²) in [6.07, 6.45) is -0.407. The van der Waals surface area contributed by atoms with Crippen molar-refractivity contribution < 1.29 is 34.4 Å². The zero-order chi connectivity index (χ0) is 22.0. The van der Waals surface area contributed by atoms with Crippen molar-refractivity contribution in [1.29, 1.82) is 0 Å². The van der Waals surface area contributed by atoms with E-state index in [1.165, 1.54) is 24.3 Å². The van der Waals surface area contributed by atoms with Gasteiger partial charge in [0.25, 0.3) is 20.2 Å². The van der Waals surface area contributed by atoms with Gasteiger partial charge in [0.2, 0.25) is 0 Å². The molecule has 2 aromatic carbocycles. The third-order valence-corrected chi connectivity index (χ3v) is 7.63. The van der Waals surface area contributed by atoms with Crippen LogP contribution in [0.4, 0.5) is 11.4 Å². The zero-order valence-electron chi connectivity index (χ0n) is 15.0. The van der Waals surface area contributed by atoms with Gasteiger partial charge in [0, 0.05) is 11.4 Å². The molecule has 0 aliphatic rings. The lowest BCUT2D eigenvalue weighted by atomic mass is 10.1.